The molecule has 0 aliphatic carbocycles. The topological polar surface area (TPSA) is 80.6 Å². The van der Waals surface area contributed by atoms with Crippen molar-refractivity contribution < 1.29 is 19.1 Å². The van der Waals surface area contributed by atoms with Crippen LogP contribution in [-0.4, -0.2) is 29.5 Å². The summed E-state index contributed by atoms with van der Waals surface area (Å²) in [5.41, 5.74) is 2.99. The van der Waals surface area contributed by atoms with E-state index in [-0.39, 0.29) is 16.3 Å². The lowest BCUT2D eigenvalue weighted by molar-refractivity contribution is -0.122. The van der Waals surface area contributed by atoms with Gasteiger partial charge in [-0.1, -0.05) is 35.9 Å². The molecule has 1 N–H and O–H groups in total. The number of amides is 4. The molecule has 1 saturated heterocycles. The minimum Gasteiger partial charge on any atom is -0.495 e. The standard InChI is InChI=1S/C24H20ClN3O4/c1-15-6-3-4-7-16(15)14-27-11-5-8-17(27)12-19-22(29)26-24(31)28(23(19)30)18-9-10-21(32-2)20(25)13-18/h3-13H,14H2,1-2H3,(H,26,29,31). The molecule has 1 aromatic heterocycles. The quantitative estimate of drug-likeness (QED) is 0.468. The van der Waals surface area contributed by atoms with Gasteiger partial charge in [-0.05, 0) is 54.5 Å². The van der Waals surface area contributed by atoms with E-state index in [1.165, 1.54) is 25.3 Å². The molecule has 0 atom stereocenters. The maximum atomic E-state index is 13.2. The lowest BCUT2D eigenvalue weighted by atomic mass is 10.1. The summed E-state index contributed by atoms with van der Waals surface area (Å²) in [4.78, 5) is 39.0. The van der Waals surface area contributed by atoms with Crippen molar-refractivity contribution >= 4 is 41.2 Å². The fourth-order valence-corrected chi connectivity index (χ4v) is 3.76. The Bertz CT molecular complexity index is 1260. The molecule has 8 heteroatoms. The first-order chi connectivity index (χ1) is 15.4. The smallest absolute Gasteiger partial charge is 0.335 e. The Hall–Kier alpha value is -3.84. The number of ether oxygens (including phenoxy) is 1. The first-order valence-electron chi connectivity index (χ1n) is 9.83. The summed E-state index contributed by atoms with van der Waals surface area (Å²) in [7, 11) is 1.46. The molecule has 0 radical (unpaired) electrons. The number of hydrogen-bond donors (Lipinski definition) is 1. The van der Waals surface area contributed by atoms with Crippen LogP contribution in [0.3, 0.4) is 0 Å². The summed E-state index contributed by atoms with van der Waals surface area (Å²) in [5.74, 6) is -1.08. The molecule has 3 aromatic rings. The molecule has 1 aliphatic heterocycles. The number of rotatable bonds is 5. The monoisotopic (exact) mass is 449 g/mol. The number of hydrogen-bond acceptors (Lipinski definition) is 4. The number of aromatic nitrogens is 1. The molecular formula is C24H20ClN3O4. The highest BCUT2D eigenvalue weighted by molar-refractivity contribution is 6.39. The average molecular weight is 450 g/mol. The molecule has 162 valence electrons. The van der Waals surface area contributed by atoms with E-state index < -0.39 is 17.8 Å². The highest BCUT2D eigenvalue weighted by atomic mass is 35.5. The van der Waals surface area contributed by atoms with E-state index in [1.54, 1.807) is 12.1 Å². The van der Waals surface area contributed by atoms with E-state index in [1.807, 2.05) is 48.0 Å². The highest BCUT2D eigenvalue weighted by Gasteiger charge is 2.37. The third kappa shape index (κ3) is 4.02. The van der Waals surface area contributed by atoms with Gasteiger partial charge in [0.05, 0.1) is 17.8 Å². The number of imide groups is 2. The van der Waals surface area contributed by atoms with Crippen LogP contribution in [0.15, 0.2) is 66.4 Å². The van der Waals surface area contributed by atoms with Crippen LogP contribution in [-0.2, 0) is 16.1 Å². The summed E-state index contributed by atoms with van der Waals surface area (Å²) in [5, 5.41) is 2.46. The Labute approximate surface area is 189 Å². The molecule has 0 spiro atoms. The predicted molar refractivity (Wildman–Crippen MR) is 122 cm³/mol. The summed E-state index contributed by atoms with van der Waals surface area (Å²) < 4.78 is 7.05. The Morgan fingerprint density at radius 2 is 1.84 bits per heavy atom. The van der Waals surface area contributed by atoms with Gasteiger partial charge >= 0.3 is 6.03 Å². The van der Waals surface area contributed by atoms with E-state index in [9.17, 15) is 14.4 Å². The molecule has 4 amide bonds. The normalized spacial score (nSPS) is 15.3. The zero-order valence-electron chi connectivity index (χ0n) is 17.5. The van der Waals surface area contributed by atoms with Crippen molar-refractivity contribution in [3.8, 4) is 5.75 Å². The van der Waals surface area contributed by atoms with Crippen LogP contribution >= 0.6 is 11.6 Å². The number of nitrogens with one attached hydrogen (secondary N) is 1. The maximum Gasteiger partial charge on any atom is 0.335 e. The van der Waals surface area contributed by atoms with Gasteiger partial charge in [-0.15, -0.1) is 0 Å². The van der Waals surface area contributed by atoms with E-state index in [2.05, 4.69) is 5.32 Å². The zero-order chi connectivity index (χ0) is 22.8. The fraction of sp³-hybridized carbons (Fsp3) is 0.125. The van der Waals surface area contributed by atoms with Crippen LogP contribution < -0.4 is 15.0 Å². The van der Waals surface area contributed by atoms with Crippen molar-refractivity contribution in [2.24, 2.45) is 0 Å². The maximum absolute atomic E-state index is 13.2. The molecule has 1 fully saturated rings. The Balaban J connectivity index is 1.68. The number of anilines is 1. The minimum atomic E-state index is -0.839. The number of nitrogens with zero attached hydrogens (tertiary/aromatic N) is 2. The van der Waals surface area contributed by atoms with E-state index >= 15 is 0 Å². The first-order valence-corrected chi connectivity index (χ1v) is 10.2. The molecule has 0 bridgehead atoms. The van der Waals surface area contributed by atoms with Gasteiger partial charge in [-0.2, -0.15) is 0 Å². The molecule has 0 saturated carbocycles. The van der Waals surface area contributed by atoms with Crippen LogP contribution in [0, 0.1) is 6.92 Å². The second-order valence-electron chi connectivity index (χ2n) is 7.26. The van der Waals surface area contributed by atoms with Gasteiger partial charge in [0.2, 0.25) is 0 Å². The molecule has 1 aliphatic rings. The zero-order valence-corrected chi connectivity index (χ0v) is 18.2. The van der Waals surface area contributed by atoms with Crippen molar-refractivity contribution in [2.45, 2.75) is 13.5 Å². The number of aryl methyl sites for hydroxylation is 1. The molecule has 7 nitrogen and oxygen atoms in total. The van der Waals surface area contributed by atoms with Crippen molar-refractivity contribution in [1.82, 2.24) is 9.88 Å². The Morgan fingerprint density at radius 1 is 1.06 bits per heavy atom. The molecule has 32 heavy (non-hydrogen) atoms. The van der Waals surface area contributed by atoms with E-state index in [0.717, 1.165) is 16.0 Å². The summed E-state index contributed by atoms with van der Waals surface area (Å²) in [6, 6.07) is 15.3. The third-order valence-electron chi connectivity index (χ3n) is 5.25. The molecular weight excluding hydrogens is 430 g/mol. The number of carbonyl (C=O) groups is 3. The summed E-state index contributed by atoms with van der Waals surface area (Å²) in [6.45, 7) is 2.60. The van der Waals surface area contributed by atoms with E-state index in [4.69, 9.17) is 16.3 Å². The van der Waals surface area contributed by atoms with Crippen molar-refractivity contribution in [1.29, 1.82) is 0 Å². The van der Waals surface area contributed by atoms with Gasteiger partial charge in [0.1, 0.15) is 11.3 Å². The number of benzene rings is 2. The second kappa shape index (κ2) is 8.72. The lowest BCUT2D eigenvalue weighted by Gasteiger charge is -2.26. The third-order valence-corrected chi connectivity index (χ3v) is 5.55. The van der Waals surface area contributed by atoms with Crippen LogP contribution in [0.25, 0.3) is 6.08 Å². The predicted octanol–water partition coefficient (Wildman–Crippen LogP) is 4.17. The van der Waals surface area contributed by atoms with E-state index in [0.29, 0.717) is 18.0 Å². The number of methoxy groups -OCH3 is 1. The lowest BCUT2D eigenvalue weighted by Crippen LogP contribution is -2.54. The van der Waals surface area contributed by atoms with Gasteiger partial charge < -0.3 is 9.30 Å². The van der Waals surface area contributed by atoms with Crippen LogP contribution in [0.5, 0.6) is 5.75 Å². The molecule has 2 aromatic carbocycles. The van der Waals surface area contributed by atoms with Gasteiger partial charge in [0.25, 0.3) is 11.8 Å². The largest absolute Gasteiger partial charge is 0.495 e. The first kappa shape index (κ1) is 21.4. The molecule has 4 rings (SSSR count). The van der Waals surface area contributed by atoms with Gasteiger partial charge in [-0.3, -0.25) is 14.9 Å². The SMILES string of the molecule is COc1ccc(N2C(=O)NC(=O)C(=Cc3cccn3Cc3ccccc3C)C2=O)cc1Cl. The number of urea groups is 1. The average Bonchev–Trinajstić information content (AvgIpc) is 3.19. The van der Waals surface area contributed by atoms with Crippen LogP contribution in [0.4, 0.5) is 10.5 Å². The Morgan fingerprint density at radius 3 is 2.56 bits per heavy atom. The minimum absolute atomic E-state index is 0.152. The van der Waals surface area contributed by atoms with Crippen molar-refractivity contribution in [3.63, 3.8) is 0 Å². The van der Waals surface area contributed by atoms with Crippen LogP contribution in [0.1, 0.15) is 16.8 Å². The van der Waals surface area contributed by atoms with Gasteiger partial charge in [-0.25, -0.2) is 9.69 Å². The second-order valence-corrected chi connectivity index (χ2v) is 7.67. The van der Waals surface area contributed by atoms with Crippen molar-refractivity contribution in [3.05, 3.63) is 88.2 Å². The fourth-order valence-electron chi connectivity index (χ4n) is 3.51. The van der Waals surface area contributed by atoms with Gasteiger partial charge in [0, 0.05) is 18.4 Å². The summed E-state index contributed by atoms with van der Waals surface area (Å²) >= 11 is 6.16. The van der Waals surface area contributed by atoms with Crippen LogP contribution in [0.2, 0.25) is 5.02 Å². The molecule has 2 heterocycles. The Kier molecular flexibility index (Phi) is 5.83. The van der Waals surface area contributed by atoms with Gasteiger partial charge in [0.15, 0.2) is 0 Å². The molecule has 0 unspecified atom stereocenters. The number of halogens is 1. The summed E-state index contributed by atoms with van der Waals surface area (Å²) in [6.07, 6.45) is 3.36. The number of carbonyl (C=O) groups excluding carboxylic acids is 3. The van der Waals surface area contributed by atoms with Crippen molar-refractivity contribution in [2.75, 3.05) is 12.0 Å². The highest BCUT2D eigenvalue weighted by Crippen LogP contribution is 2.31. The number of barbiturate groups is 1.